The number of piperazine rings is 1. The fourth-order valence-corrected chi connectivity index (χ4v) is 4.98. The molecule has 2 aromatic carbocycles. The van der Waals surface area contributed by atoms with Crippen molar-refractivity contribution in [2.24, 2.45) is 0 Å². The maximum atomic E-state index is 12.8. The van der Waals surface area contributed by atoms with Gasteiger partial charge in [-0.05, 0) is 47.7 Å². The van der Waals surface area contributed by atoms with Crippen molar-refractivity contribution >= 4 is 15.9 Å². The smallest absolute Gasteiger partial charge is 0.243 e. The number of ether oxygens (including phenoxy) is 1. The molecule has 0 saturated carbocycles. The van der Waals surface area contributed by atoms with Crippen LogP contribution in [0.5, 0.6) is 5.75 Å². The number of sulfonamides is 1. The summed E-state index contributed by atoms with van der Waals surface area (Å²) in [5.74, 6) is 1.18. The summed E-state index contributed by atoms with van der Waals surface area (Å²) in [4.78, 5) is 14.6. The van der Waals surface area contributed by atoms with Crippen molar-refractivity contribution in [3.63, 3.8) is 0 Å². The Kier molecular flexibility index (Phi) is 7.15. The average Bonchev–Trinajstić information content (AvgIpc) is 2.77. The van der Waals surface area contributed by atoms with E-state index in [1.54, 1.807) is 36.3 Å². The zero-order valence-corrected chi connectivity index (χ0v) is 18.7. The molecule has 1 heterocycles. The number of rotatable bonds is 7. The first-order valence-corrected chi connectivity index (χ1v) is 11.8. The molecule has 0 unspecified atom stereocenters. The van der Waals surface area contributed by atoms with Gasteiger partial charge in [0.15, 0.2) is 0 Å². The molecule has 1 fully saturated rings. The van der Waals surface area contributed by atoms with Crippen molar-refractivity contribution in [2.75, 3.05) is 33.3 Å². The van der Waals surface area contributed by atoms with Gasteiger partial charge in [-0.25, -0.2) is 8.42 Å². The van der Waals surface area contributed by atoms with Gasteiger partial charge in [-0.1, -0.05) is 38.1 Å². The van der Waals surface area contributed by atoms with Crippen molar-refractivity contribution in [1.29, 1.82) is 0 Å². The number of hydrogen-bond acceptors (Lipinski definition) is 4. The van der Waals surface area contributed by atoms with E-state index in [4.69, 9.17) is 4.74 Å². The van der Waals surface area contributed by atoms with E-state index in [-0.39, 0.29) is 10.8 Å². The Balaban J connectivity index is 1.52. The highest BCUT2D eigenvalue weighted by Gasteiger charge is 2.29. The quantitative estimate of drug-likeness (QED) is 0.676. The maximum absolute atomic E-state index is 12.8. The van der Waals surface area contributed by atoms with Crippen molar-refractivity contribution in [3.8, 4) is 5.75 Å². The van der Waals surface area contributed by atoms with Gasteiger partial charge in [0.1, 0.15) is 5.75 Å². The van der Waals surface area contributed by atoms with Crippen LogP contribution in [0.4, 0.5) is 0 Å². The van der Waals surface area contributed by atoms with Crippen LogP contribution in [0.1, 0.15) is 37.3 Å². The summed E-state index contributed by atoms with van der Waals surface area (Å²) >= 11 is 0. The van der Waals surface area contributed by atoms with E-state index in [0.717, 1.165) is 5.56 Å². The van der Waals surface area contributed by atoms with Crippen LogP contribution in [0.2, 0.25) is 0 Å². The molecule has 0 spiro atoms. The van der Waals surface area contributed by atoms with Gasteiger partial charge in [0.2, 0.25) is 15.9 Å². The van der Waals surface area contributed by atoms with Gasteiger partial charge in [-0.3, -0.25) is 4.79 Å². The highest BCUT2D eigenvalue weighted by atomic mass is 32.2. The molecule has 162 valence electrons. The number of hydrogen-bond donors (Lipinski definition) is 0. The van der Waals surface area contributed by atoms with Crippen LogP contribution in [0.25, 0.3) is 0 Å². The molecule has 7 heteroatoms. The molecular formula is C23H30N2O4S. The number of carbonyl (C=O) groups excluding carboxylic acids is 1. The minimum absolute atomic E-state index is 0.0735. The summed E-state index contributed by atoms with van der Waals surface area (Å²) < 4.78 is 32.2. The summed E-state index contributed by atoms with van der Waals surface area (Å²) in [6.07, 6.45) is 1.13. The second-order valence-corrected chi connectivity index (χ2v) is 9.79. The van der Waals surface area contributed by atoms with Gasteiger partial charge >= 0.3 is 0 Å². The van der Waals surface area contributed by atoms with E-state index in [1.165, 1.54) is 9.87 Å². The maximum Gasteiger partial charge on any atom is 0.243 e. The molecule has 0 N–H and O–H groups in total. The van der Waals surface area contributed by atoms with Crippen LogP contribution in [0, 0.1) is 0 Å². The van der Waals surface area contributed by atoms with Crippen LogP contribution in [0.15, 0.2) is 53.4 Å². The zero-order valence-electron chi connectivity index (χ0n) is 17.9. The molecule has 0 bridgehead atoms. The van der Waals surface area contributed by atoms with Crippen LogP contribution in [-0.4, -0.2) is 56.8 Å². The van der Waals surface area contributed by atoms with E-state index in [1.807, 2.05) is 0 Å². The van der Waals surface area contributed by atoms with E-state index >= 15 is 0 Å². The molecule has 0 aromatic heterocycles. The minimum Gasteiger partial charge on any atom is -0.497 e. The van der Waals surface area contributed by atoms with Crippen LogP contribution < -0.4 is 4.74 Å². The molecule has 1 aliphatic heterocycles. The van der Waals surface area contributed by atoms with Crippen molar-refractivity contribution in [2.45, 2.75) is 37.5 Å². The number of aryl methyl sites for hydroxylation is 1. The summed E-state index contributed by atoms with van der Waals surface area (Å²) in [5.41, 5.74) is 2.44. The summed E-state index contributed by atoms with van der Waals surface area (Å²) in [6, 6.07) is 14.8. The Hall–Kier alpha value is -2.38. The van der Waals surface area contributed by atoms with E-state index in [0.29, 0.717) is 50.7 Å². The molecule has 0 aliphatic carbocycles. The zero-order chi connectivity index (χ0) is 21.7. The third-order valence-electron chi connectivity index (χ3n) is 5.56. The summed E-state index contributed by atoms with van der Waals surface area (Å²) in [6.45, 7) is 5.77. The number of benzene rings is 2. The van der Waals surface area contributed by atoms with E-state index < -0.39 is 10.0 Å². The third kappa shape index (κ3) is 5.21. The Morgan fingerprint density at radius 1 is 0.967 bits per heavy atom. The van der Waals surface area contributed by atoms with Gasteiger partial charge in [0, 0.05) is 32.6 Å². The molecule has 6 nitrogen and oxygen atoms in total. The fraction of sp³-hybridized carbons (Fsp3) is 0.435. The van der Waals surface area contributed by atoms with Crippen LogP contribution in [-0.2, 0) is 21.2 Å². The lowest BCUT2D eigenvalue weighted by Crippen LogP contribution is -2.50. The topological polar surface area (TPSA) is 66.9 Å². The summed E-state index contributed by atoms with van der Waals surface area (Å²) in [5, 5.41) is 0. The van der Waals surface area contributed by atoms with Gasteiger partial charge in [-0.15, -0.1) is 0 Å². The number of nitrogens with zero attached hydrogens (tertiary/aromatic N) is 2. The second-order valence-electron chi connectivity index (χ2n) is 7.86. The normalized spacial score (nSPS) is 15.4. The standard InChI is InChI=1S/C23H30N2O4S/c1-18(2)20-7-4-19(5-8-20)6-13-23(26)24-14-16-25(17-15-24)30(27,28)22-11-9-21(29-3)10-12-22/h4-5,7-12,18H,6,13-17H2,1-3H3. The van der Waals surface area contributed by atoms with E-state index in [2.05, 4.69) is 38.1 Å². The molecule has 2 aromatic rings. The van der Waals surface area contributed by atoms with Gasteiger partial charge in [0.05, 0.1) is 12.0 Å². The molecule has 3 rings (SSSR count). The largest absolute Gasteiger partial charge is 0.497 e. The predicted octanol–water partition coefficient (Wildman–Crippen LogP) is 3.28. The average molecular weight is 431 g/mol. The monoisotopic (exact) mass is 430 g/mol. The van der Waals surface area contributed by atoms with E-state index in [9.17, 15) is 13.2 Å². The lowest BCUT2D eigenvalue weighted by Gasteiger charge is -2.34. The Morgan fingerprint density at radius 2 is 1.57 bits per heavy atom. The predicted molar refractivity (Wildman–Crippen MR) is 117 cm³/mol. The Morgan fingerprint density at radius 3 is 2.10 bits per heavy atom. The Bertz CT molecular complexity index is 946. The van der Waals surface area contributed by atoms with Crippen molar-refractivity contribution in [3.05, 3.63) is 59.7 Å². The molecule has 1 aliphatic rings. The highest BCUT2D eigenvalue weighted by molar-refractivity contribution is 7.89. The lowest BCUT2D eigenvalue weighted by molar-refractivity contribution is -0.132. The van der Waals surface area contributed by atoms with Crippen molar-refractivity contribution < 1.29 is 17.9 Å². The number of carbonyl (C=O) groups is 1. The lowest BCUT2D eigenvalue weighted by atomic mass is 10.00. The molecule has 1 amide bonds. The SMILES string of the molecule is COc1ccc(S(=O)(=O)N2CCN(C(=O)CCc3ccc(C(C)C)cc3)CC2)cc1. The van der Waals surface area contributed by atoms with Gasteiger partial charge < -0.3 is 9.64 Å². The molecule has 1 saturated heterocycles. The molecule has 30 heavy (non-hydrogen) atoms. The van der Waals surface area contributed by atoms with Crippen LogP contribution >= 0.6 is 0 Å². The minimum atomic E-state index is -3.56. The van der Waals surface area contributed by atoms with Gasteiger partial charge in [-0.2, -0.15) is 4.31 Å². The van der Waals surface area contributed by atoms with Gasteiger partial charge in [0.25, 0.3) is 0 Å². The molecule has 0 atom stereocenters. The second kappa shape index (κ2) is 9.62. The molecular weight excluding hydrogens is 400 g/mol. The summed E-state index contributed by atoms with van der Waals surface area (Å²) in [7, 11) is -2.02. The fourth-order valence-electron chi connectivity index (χ4n) is 3.55. The Labute approximate surface area is 179 Å². The van der Waals surface area contributed by atoms with Crippen molar-refractivity contribution in [1.82, 2.24) is 9.21 Å². The highest BCUT2D eigenvalue weighted by Crippen LogP contribution is 2.21. The molecule has 0 radical (unpaired) electrons. The first-order chi connectivity index (χ1) is 14.3. The first-order valence-electron chi connectivity index (χ1n) is 10.3. The number of amides is 1. The van der Waals surface area contributed by atoms with Crippen LogP contribution in [0.3, 0.4) is 0 Å². The third-order valence-corrected chi connectivity index (χ3v) is 7.48. The number of methoxy groups -OCH3 is 1. The first kappa shape index (κ1) is 22.3.